The molecular formula is C18H20Cl2N2O4S. The molecule has 1 N–H and O–H groups in total. The molecule has 0 radical (unpaired) electrons. The quantitative estimate of drug-likeness (QED) is 0.714. The number of halogens is 2. The molecule has 2 aromatic rings. The van der Waals surface area contributed by atoms with Gasteiger partial charge in [-0.1, -0.05) is 29.3 Å². The van der Waals surface area contributed by atoms with Crippen molar-refractivity contribution in [3.05, 3.63) is 52.5 Å². The molecule has 6 nitrogen and oxygen atoms in total. The molecule has 2 rings (SSSR count). The Morgan fingerprint density at radius 2 is 1.78 bits per heavy atom. The third kappa shape index (κ3) is 6.02. The summed E-state index contributed by atoms with van der Waals surface area (Å²) in [5.41, 5.74) is 0.657. The predicted octanol–water partition coefficient (Wildman–Crippen LogP) is 4.19. The lowest BCUT2D eigenvalue weighted by atomic mass is 10.3. The Morgan fingerprint density at radius 3 is 2.33 bits per heavy atom. The summed E-state index contributed by atoms with van der Waals surface area (Å²) in [6, 6.07) is 11.3. The number of benzene rings is 2. The zero-order chi connectivity index (χ0) is 20.2. The summed E-state index contributed by atoms with van der Waals surface area (Å²) >= 11 is 12.0. The van der Waals surface area contributed by atoms with Crippen LogP contribution in [-0.2, 0) is 14.8 Å². The standard InChI is InChI=1S/C18H20Cl2N2O4S/c1-12(2)26-14-9-7-13(8-10-14)22(27(3,24)25)11-17(23)21-16-6-4-5-15(19)18(16)20/h4-10,12H,11H2,1-3H3,(H,21,23). The lowest BCUT2D eigenvalue weighted by Crippen LogP contribution is -2.37. The van der Waals surface area contributed by atoms with E-state index in [1.165, 1.54) is 0 Å². The van der Waals surface area contributed by atoms with E-state index in [1.54, 1.807) is 42.5 Å². The fraction of sp³-hybridized carbons (Fsp3) is 0.278. The van der Waals surface area contributed by atoms with Crippen LogP contribution in [0.5, 0.6) is 5.75 Å². The van der Waals surface area contributed by atoms with Gasteiger partial charge in [0, 0.05) is 0 Å². The van der Waals surface area contributed by atoms with Crippen molar-refractivity contribution in [2.45, 2.75) is 20.0 Å². The van der Waals surface area contributed by atoms with Crippen LogP contribution in [0.25, 0.3) is 0 Å². The van der Waals surface area contributed by atoms with E-state index >= 15 is 0 Å². The lowest BCUT2D eigenvalue weighted by Gasteiger charge is -2.22. The maximum Gasteiger partial charge on any atom is 0.245 e. The van der Waals surface area contributed by atoms with Crippen LogP contribution < -0.4 is 14.4 Å². The molecule has 2 aromatic carbocycles. The van der Waals surface area contributed by atoms with Gasteiger partial charge >= 0.3 is 0 Å². The number of hydrogen-bond donors (Lipinski definition) is 1. The van der Waals surface area contributed by atoms with Gasteiger partial charge < -0.3 is 10.1 Å². The smallest absolute Gasteiger partial charge is 0.245 e. The first-order valence-electron chi connectivity index (χ1n) is 8.06. The summed E-state index contributed by atoms with van der Waals surface area (Å²) < 4.78 is 30.9. The van der Waals surface area contributed by atoms with E-state index in [-0.39, 0.29) is 16.1 Å². The Balaban J connectivity index is 2.20. The molecule has 146 valence electrons. The molecule has 0 saturated carbocycles. The van der Waals surface area contributed by atoms with Crippen LogP contribution >= 0.6 is 23.2 Å². The minimum absolute atomic E-state index is 0.00455. The Bertz CT molecular complexity index is 915. The third-order valence-corrected chi connectivity index (χ3v) is 5.37. The van der Waals surface area contributed by atoms with Crippen LogP contribution in [0.1, 0.15) is 13.8 Å². The molecule has 0 bridgehead atoms. The number of carbonyl (C=O) groups is 1. The Hall–Kier alpha value is -1.96. The lowest BCUT2D eigenvalue weighted by molar-refractivity contribution is -0.114. The summed E-state index contributed by atoms with van der Waals surface area (Å²) in [5, 5.41) is 3.05. The summed E-state index contributed by atoms with van der Waals surface area (Å²) in [7, 11) is -3.69. The van der Waals surface area contributed by atoms with Crippen LogP contribution in [0.3, 0.4) is 0 Å². The summed E-state index contributed by atoms with van der Waals surface area (Å²) in [5.74, 6) is 0.0597. The van der Waals surface area contributed by atoms with Crippen molar-refractivity contribution in [3.63, 3.8) is 0 Å². The molecule has 0 heterocycles. The number of sulfonamides is 1. The normalized spacial score (nSPS) is 11.3. The van der Waals surface area contributed by atoms with Gasteiger partial charge in [0.15, 0.2) is 0 Å². The number of nitrogens with zero attached hydrogens (tertiary/aromatic N) is 1. The van der Waals surface area contributed by atoms with E-state index in [9.17, 15) is 13.2 Å². The Kier molecular flexibility index (Phi) is 6.97. The van der Waals surface area contributed by atoms with Gasteiger partial charge in [-0.15, -0.1) is 0 Å². The largest absolute Gasteiger partial charge is 0.491 e. The van der Waals surface area contributed by atoms with Gasteiger partial charge in [-0.2, -0.15) is 0 Å². The molecule has 9 heteroatoms. The van der Waals surface area contributed by atoms with Crippen molar-refractivity contribution in [1.29, 1.82) is 0 Å². The third-order valence-electron chi connectivity index (χ3n) is 3.41. The van der Waals surface area contributed by atoms with E-state index in [0.29, 0.717) is 17.1 Å². The van der Waals surface area contributed by atoms with Gasteiger partial charge in [-0.25, -0.2) is 8.42 Å². The van der Waals surface area contributed by atoms with Crippen molar-refractivity contribution in [1.82, 2.24) is 0 Å². The SMILES string of the molecule is CC(C)Oc1ccc(N(CC(=O)Nc2cccc(Cl)c2Cl)S(C)(=O)=O)cc1. The highest BCUT2D eigenvalue weighted by molar-refractivity contribution is 7.92. The van der Waals surface area contributed by atoms with Crippen molar-refractivity contribution >= 4 is 50.5 Å². The van der Waals surface area contributed by atoms with Crippen molar-refractivity contribution in [2.75, 3.05) is 22.4 Å². The molecule has 27 heavy (non-hydrogen) atoms. The van der Waals surface area contributed by atoms with E-state index in [0.717, 1.165) is 10.6 Å². The second-order valence-electron chi connectivity index (χ2n) is 6.08. The number of amides is 1. The first kappa shape index (κ1) is 21.3. The minimum Gasteiger partial charge on any atom is -0.491 e. The van der Waals surface area contributed by atoms with Gasteiger partial charge in [0.05, 0.1) is 33.8 Å². The maximum absolute atomic E-state index is 12.4. The number of nitrogens with one attached hydrogen (secondary N) is 1. The number of carbonyl (C=O) groups excluding carboxylic acids is 1. The van der Waals surface area contributed by atoms with Crippen LogP contribution in [0, 0.1) is 0 Å². The van der Waals surface area contributed by atoms with Crippen LogP contribution in [0.15, 0.2) is 42.5 Å². The van der Waals surface area contributed by atoms with E-state index in [4.69, 9.17) is 27.9 Å². The van der Waals surface area contributed by atoms with E-state index in [2.05, 4.69) is 5.32 Å². The predicted molar refractivity (Wildman–Crippen MR) is 109 cm³/mol. The number of hydrogen-bond acceptors (Lipinski definition) is 4. The summed E-state index contributed by atoms with van der Waals surface area (Å²) in [6.07, 6.45) is 1.03. The molecular weight excluding hydrogens is 411 g/mol. The van der Waals surface area contributed by atoms with E-state index in [1.807, 2.05) is 13.8 Å². The van der Waals surface area contributed by atoms with Crippen LogP contribution in [0.4, 0.5) is 11.4 Å². The summed E-state index contributed by atoms with van der Waals surface area (Å²) in [6.45, 7) is 3.37. The van der Waals surface area contributed by atoms with Crippen molar-refractivity contribution < 1.29 is 17.9 Å². The second-order valence-corrected chi connectivity index (χ2v) is 8.77. The van der Waals surface area contributed by atoms with Gasteiger partial charge in [-0.05, 0) is 50.2 Å². The average Bonchev–Trinajstić information content (AvgIpc) is 2.56. The molecule has 0 fully saturated rings. The first-order chi connectivity index (χ1) is 12.6. The van der Waals surface area contributed by atoms with Gasteiger partial charge in [-0.3, -0.25) is 9.10 Å². The fourth-order valence-electron chi connectivity index (χ4n) is 2.28. The molecule has 0 aromatic heterocycles. The second kappa shape index (κ2) is 8.82. The van der Waals surface area contributed by atoms with Crippen molar-refractivity contribution in [3.8, 4) is 5.75 Å². The summed E-state index contributed by atoms with van der Waals surface area (Å²) in [4.78, 5) is 12.4. The molecule has 0 aliphatic heterocycles. The highest BCUT2D eigenvalue weighted by atomic mass is 35.5. The highest BCUT2D eigenvalue weighted by Gasteiger charge is 2.21. The monoisotopic (exact) mass is 430 g/mol. The Labute approximate surface area is 169 Å². The van der Waals surface area contributed by atoms with Crippen LogP contribution in [0.2, 0.25) is 10.0 Å². The zero-order valence-electron chi connectivity index (χ0n) is 15.1. The average molecular weight is 431 g/mol. The van der Waals surface area contributed by atoms with Gasteiger partial charge in [0.1, 0.15) is 12.3 Å². The molecule has 1 amide bonds. The Morgan fingerprint density at radius 1 is 1.15 bits per heavy atom. The fourth-order valence-corrected chi connectivity index (χ4v) is 3.49. The highest BCUT2D eigenvalue weighted by Crippen LogP contribution is 2.29. The maximum atomic E-state index is 12.4. The minimum atomic E-state index is -3.69. The van der Waals surface area contributed by atoms with Gasteiger partial charge in [0.25, 0.3) is 0 Å². The molecule has 0 aliphatic rings. The van der Waals surface area contributed by atoms with Crippen LogP contribution in [-0.4, -0.2) is 33.2 Å². The topological polar surface area (TPSA) is 75.7 Å². The molecule has 0 atom stereocenters. The number of rotatable bonds is 7. The van der Waals surface area contributed by atoms with Crippen molar-refractivity contribution in [2.24, 2.45) is 0 Å². The molecule has 0 saturated heterocycles. The first-order valence-corrected chi connectivity index (χ1v) is 10.7. The van der Waals surface area contributed by atoms with E-state index < -0.39 is 22.5 Å². The molecule has 0 aliphatic carbocycles. The number of anilines is 2. The zero-order valence-corrected chi connectivity index (χ0v) is 17.4. The molecule has 0 unspecified atom stereocenters. The number of ether oxygens (including phenoxy) is 1. The molecule has 0 spiro atoms. The van der Waals surface area contributed by atoms with Gasteiger partial charge in [0.2, 0.25) is 15.9 Å².